The molecule has 1 N–H and O–H groups in total. The second-order valence-electron chi connectivity index (χ2n) is 11.9. The van der Waals surface area contributed by atoms with E-state index in [1.807, 2.05) is 54.6 Å². The van der Waals surface area contributed by atoms with E-state index in [0.29, 0.717) is 43.0 Å². The first-order valence-corrected chi connectivity index (χ1v) is 14.8. The zero-order valence-electron chi connectivity index (χ0n) is 23.0. The lowest BCUT2D eigenvalue weighted by Gasteiger charge is -2.27. The molecule has 4 aliphatic rings. The molecule has 4 amide bonds. The highest BCUT2D eigenvalue weighted by Gasteiger charge is 2.44. The van der Waals surface area contributed by atoms with Crippen LogP contribution in [-0.4, -0.2) is 49.3 Å². The molecule has 8 nitrogen and oxygen atoms in total. The Hall–Kier alpha value is -3.68. The molecule has 210 valence electrons. The first-order chi connectivity index (χ1) is 19.5. The molecule has 0 atom stereocenters. The molecule has 8 heteroatoms. The average molecular weight is 543 g/mol. The molecular formula is C32H38N4O4. The highest BCUT2D eigenvalue weighted by molar-refractivity contribution is 6.21. The molecule has 40 heavy (non-hydrogen) atoms. The van der Waals surface area contributed by atoms with E-state index in [4.69, 9.17) is 0 Å². The normalized spacial score (nSPS) is 19.9. The minimum atomic E-state index is -1.33. The molecule has 2 aromatic rings. The smallest absolute Gasteiger partial charge is 0.259 e. The first-order valence-electron chi connectivity index (χ1n) is 14.8. The number of benzene rings is 2. The molecule has 6 rings (SSSR count). The number of hydrogen-bond donors (Lipinski definition) is 1. The Balaban J connectivity index is 1.25. The summed E-state index contributed by atoms with van der Waals surface area (Å²) in [6, 6.07) is 15.4. The molecule has 0 bridgehead atoms. The van der Waals surface area contributed by atoms with Gasteiger partial charge in [-0.3, -0.25) is 19.2 Å². The summed E-state index contributed by atoms with van der Waals surface area (Å²) in [5.74, 6) is -0.291. The van der Waals surface area contributed by atoms with Gasteiger partial charge in [-0.1, -0.05) is 43.2 Å². The highest BCUT2D eigenvalue weighted by atomic mass is 16.2. The fraction of sp³-hybridized carbons (Fsp3) is 0.500. The molecule has 2 aromatic carbocycles. The van der Waals surface area contributed by atoms with Crippen LogP contribution in [0.25, 0.3) is 0 Å². The summed E-state index contributed by atoms with van der Waals surface area (Å²) in [6.45, 7) is 0.816. The maximum Gasteiger partial charge on any atom is 0.259 e. The molecule has 3 aliphatic carbocycles. The van der Waals surface area contributed by atoms with Crippen LogP contribution < -0.4 is 20.0 Å². The van der Waals surface area contributed by atoms with Gasteiger partial charge >= 0.3 is 0 Å². The van der Waals surface area contributed by atoms with Crippen molar-refractivity contribution in [2.75, 3.05) is 34.3 Å². The van der Waals surface area contributed by atoms with Crippen molar-refractivity contribution in [1.82, 2.24) is 5.32 Å². The van der Waals surface area contributed by atoms with E-state index in [9.17, 15) is 19.2 Å². The summed E-state index contributed by atoms with van der Waals surface area (Å²) in [6.07, 6.45) is 8.92. The van der Waals surface area contributed by atoms with Crippen molar-refractivity contribution < 1.29 is 19.2 Å². The number of carbonyl (C=O) groups is 4. The molecule has 3 fully saturated rings. The number of carbonyl (C=O) groups excluding carboxylic acids is 4. The molecule has 3 saturated carbocycles. The fourth-order valence-electron chi connectivity index (χ4n) is 6.05. The Kier molecular flexibility index (Phi) is 7.59. The van der Waals surface area contributed by atoms with Crippen molar-refractivity contribution >= 4 is 40.7 Å². The van der Waals surface area contributed by atoms with Crippen LogP contribution >= 0.6 is 0 Å². The van der Waals surface area contributed by atoms with E-state index in [2.05, 4.69) is 5.32 Å². The Morgan fingerprint density at radius 2 is 1.25 bits per heavy atom. The van der Waals surface area contributed by atoms with Crippen molar-refractivity contribution in [2.45, 2.75) is 63.8 Å². The zero-order chi connectivity index (χ0) is 27.6. The van der Waals surface area contributed by atoms with E-state index < -0.39 is 23.8 Å². The molecule has 0 aromatic heterocycles. The van der Waals surface area contributed by atoms with Gasteiger partial charge in [0, 0.05) is 25.2 Å². The van der Waals surface area contributed by atoms with Gasteiger partial charge in [0.2, 0.25) is 11.8 Å². The molecule has 0 unspecified atom stereocenters. The molecule has 1 heterocycles. The number of hydrogen-bond acceptors (Lipinski definition) is 4. The molecule has 0 saturated heterocycles. The number of nitrogens with zero attached hydrogens (tertiary/aromatic N) is 3. The third kappa shape index (κ3) is 5.91. The maximum atomic E-state index is 14.0. The Labute approximate surface area is 235 Å². The topological polar surface area (TPSA) is 90.0 Å². The van der Waals surface area contributed by atoms with Crippen LogP contribution in [0.4, 0.5) is 17.1 Å². The third-order valence-electron chi connectivity index (χ3n) is 8.68. The van der Waals surface area contributed by atoms with Crippen LogP contribution in [0.1, 0.15) is 57.8 Å². The second kappa shape index (κ2) is 11.4. The van der Waals surface area contributed by atoms with Gasteiger partial charge in [0.25, 0.3) is 11.8 Å². The monoisotopic (exact) mass is 542 g/mol. The van der Waals surface area contributed by atoms with Gasteiger partial charge in [-0.05, 0) is 80.5 Å². The highest BCUT2D eigenvalue weighted by Crippen LogP contribution is 2.40. The quantitative estimate of drug-likeness (QED) is 0.454. The Morgan fingerprint density at radius 3 is 1.77 bits per heavy atom. The van der Waals surface area contributed by atoms with Gasteiger partial charge in [0.05, 0.1) is 11.4 Å². The van der Waals surface area contributed by atoms with Crippen LogP contribution in [-0.2, 0) is 19.2 Å². The van der Waals surface area contributed by atoms with Crippen LogP contribution in [0, 0.1) is 17.8 Å². The summed E-state index contributed by atoms with van der Waals surface area (Å²) >= 11 is 0. The van der Waals surface area contributed by atoms with Gasteiger partial charge < -0.3 is 20.0 Å². The fourth-order valence-corrected chi connectivity index (χ4v) is 6.05. The summed E-state index contributed by atoms with van der Waals surface area (Å²) < 4.78 is 0. The van der Waals surface area contributed by atoms with Crippen molar-refractivity contribution in [2.24, 2.45) is 17.8 Å². The predicted molar refractivity (Wildman–Crippen MR) is 154 cm³/mol. The second-order valence-corrected chi connectivity index (χ2v) is 11.9. The van der Waals surface area contributed by atoms with Gasteiger partial charge in [-0.25, -0.2) is 0 Å². The van der Waals surface area contributed by atoms with Crippen molar-refractivity contribution in [3.05, 3.63) is 54.6 Å². The molecule has 1 aliphatic heterocycles. The third-order valence-corrected chi connectivity index (χ3v) is 8.68. The maximum absolute atomic E-state index is 14.0. The average Bonchev–Trinajstić information content (AvgIpc) is 3.91. The van der Waals surface area contributed by atoms with Crippen LogP contribution in [0.2, 0.25) is 0 Å². The number of para-hydroxylation sites is 3. The molecule has 0 spiro atoms. The number of anilines is 3. The van der Waals surface area contributed by atoms with Gasteiger partial charge in [0.15, 0.2) is 6.04 Å². The number of rotatable bonds is 10. The summed E-state index contributed by atoms with van der Waals surface area (Å²) in [7, 11) is 0. The lowest BCUT2D eigenvalue weighted by molar-refractivity contribution is -0.134. The summed E-state index contributed by atoms with van der Waals surface area (Å²) in [5, 5.41) is 2.77. The van der Waals surface area contributed by atoms with Crippen LogP contribution in [0.5, 0.6) is 0 Å². The number of fused-ring (bicyclic) bond motifs is 1. The minimum Gasteiger partial charge on any atom is -0.335 e. The van der Waals surface area contributed by atoms with E-state index in [1.54, 1.807) is 9.80 Å². The molecule has 0 radical (unpaired) electrons. The van der Waals surface area contributed by atoms with Gasteiger partial charge in [-0.15, -0.1) is 0 Å². The summed E-state index contributed by atoms with van der Waals surface area (Å²) in [5.41, 5.74) is 2.09. The largest absolute Gasteiger partial charge is 0.335 e. The lowest BCUT2D eigenvalue weighted by atomic mass is 10.0. The van der Waals surface area contributed by atoms with E-state index in [-0.39, 0.29) is 12.5 Å². The molecular weight excluding hydrogens is 504 g/mol. The van der Waals surface area contributed by atoms with Gasteiger partial charge in [-0.2, -0.15) is 0 Å². The predicted octanol–water partition coefficient (Wildman–Crippen LogP) is 4.28. The number of nitrogens with one attached hydrogen (secondary N) is 1. The first kappa shape index (κ1) is 26.5. The van der Waals surface area contributed by atoms with Crippen LogP contribution in [0.15, 0.2) is 54.6 Å². The SMILES string of the molecule is O=C(CN(C(=O)CC1CCCC1)c1ccccc1)NC1C(=O)N(CC2CC2)c2ccccc2N(CC2CC2)C1=O. The van der Waals surface area contributed by atoms with Gasteiger partial charge in [0.1, 0.15) is 6.54 Å². The minimum absolute atomic E-state index is 0.107. The van der Waals surface area contributed by atoms with Crippen molar-refractivity contribution in [3.8, 4) is 0 Å². The van der Waals surface area contributed by atoms with Crippen LogP contribution in [0.3, 0.4) is 0 Å². The van der Waals surface area contributed by atoms with Crippen molar-refractivity contribution in [1.29, 1.82) is 0 Å². The summed E-state index contributed by atoms with van der Waals surface area (Å²) in [4.78, 5) is 59.8. The number of amides is 4. The lowest BCUT2D eigenvalue weighted by Crippen LogP contribution is -2.57. The van der Waals surface area contributed by atoms with E-state index in [1.165, 1.54) is 4.90 Å². The van der Waals surface area contributed by atoms with E-state index >= 15 is 0 Å². The zero-order valence-corrected chi connectivity index (χ0v) is 23.0. The Morgan fingerprint density at radius 1 is 0.725 bits per heavy atom. The Bertz CT molecular complexity index is 1210. The van der Waals surface area contributed by atoms with E-state index in [0.717, 1.165) is 62.7 Å². The standard InChI is InChI=1S/C32H38N4O4/c37-28(21-34(25-10-2-1-3-11-25)29(38)18-22-8-4-5-9-22)33-30-31(39)35(19-23-14-15-23)26-12-6-7-13-27(26)36(32(30)40)20-24-16-17-24/h1-3,6-7,10-13,22-24,30H,4-5,8-9,14-21H2,(H,33,37). The van der Waals surface area contributed by atoms with Crippen molar-refractivity contribution in [3.63, 3.8) is 0 Å².